The number of imidazole rings is 1. The first kappa shape index (κ1) is 22.1. The number of nitriles is 1. The topological polar surface area (TPSA) is 74.1 Å². The number of nitrogens with zero attached hydrogens (tertiary/aromatic N) is 6. The molecule has 178 valence electrons. The molecule has 1 aliphatic rings. The van der Waals surface area contributed by atoms with Crippen LogP contribution in [0.15, 0.2) is 90.0 Å². The molecule has 1 saturated heterocycles. The van der Waals surface area contributed by atoms with Crippen molar-refractivity contribution in [1.29, 1.82) is 5.26 Å². The maximum Gasteiger partial charge on any atom is 0.229 e. The van der Waals surface area contributed by atoms with E-state index in [2.05, 4.69) is 42.5 Å². The minimum atomic E-state index is 0.559. The molecule has 7 nitrogen and oxygen atoms in total. The molecule has 6 rings (SSSR count). The quantitative estimate of drug-likeness (QED) is 0.343. The summed E-state index contributed by atoms with van der Waals surface area (Å²) in [6.45, 7) is 5.40. The average molecular weight is 475 g/mol. The van der Waals surface area contributed by atoms with Crippen LogP contribution in [0.25, 0.3) is 33.6 Å². The van der Waals surface area contributed by atoms with E-state index in [0.29, 0.717) is 11.3 Å². The molecule has 0 radical (unpaired) electrons. The highest BCUT2D eigenvalue weighted by Gasteiger charge is 2.28. The second-order valence-corrected chi connectivity index (χ2v) is 8.98. The van der Waals surface area contributed by atoms with Crippen molar-refractivity contribution in [1.82, 2.24) is 19.4 Å². The van der Waals surface area contributed by atoms with Crippen LogP contribution < -0.4 is 4.90 Å². The molecule has 0 aliphatic carbocycles. The van der Waals surface area contributed by atoms with Gasteiger partial charge in [-0.15, -0.1) is 0 Å². The van der Waals surface area contributed by atoms with Gasteiger partial charge in [-0.2, -0.15) is 5.26 Å². The summed E-state index contributed by atoms with van der Waals surface area (Å²) in [5, 5.41) is 11.0. The van der Waals surface area contributed by atoms with Crippen LogP contribution in [-0.2, 0) is 6.54 Å². The summed E-state index contributed by atoms with van der Waals surface area (Å²) in [7, 11) is 0. The predicted molar refractivity (Wildman–Crippen MR) is 140 cm³/mol. The fourth-order valence-corrected chi connectivity index (χ4v) is 5.00. The van der Waals surface area contributed by atoms with Crippen LogP contribution in [0.5, 0.6) is 0 Å². The Morgan fingerprint density at radius 3 is 2.28 bits per heavy atom. The van der Waals surface area contributed by atoms with E-state index in [-0.39, 0.29) is 0 Å². The molecule has 5 aromatic rings. The van der Waals surface area contributed by atoms with Gasteiger partial charge in [-0.05, 0) is 5.56 Å². The number of benzene rings is 2. The van der Waals surface area contributed by atoms with Gasteiger partial charge < -0.3 is 13.9 Å². The predicted octanol–water partition coefficient (Wildman–Crippen LogP) is 5.05. The molecule has 0 amide bonds. The Hall–Kier alpha value is -4.41. The van der Waals surface area contributed by atoms with Crippen molar-refractivity contribution in [3.05, 3.63) is 91.1 Å². The summed E-state index contributed by atoms with van der Waals surface area (Å²) in [4.78, 5) is 13.5. The molecule has 0 saturated carbocycles. The molecule has 0 N–H and O–H groups in total. The van der Waals surface area contributed by atoms with E-state index in [4.69, 9.17) is 4.42 Å². The highest BCUT2D eigenvalue weighted by Crippen LogP contribution is 2.45. The molecular formula is C29H26N6O. The number of aromatic nitrogens is 3. The summed E-state index contributed by atoms with van der Waals surface area (Å²) in [5.41, 5.74) is 5.08. The van der Waals surface area contributed by atoms with E-state index in [0.717, 1.165) is 72.8 Å². The third-order valence-electron chi connectivity index (χ3n) is 6.83. The van der Waals surface area contributed by atoms with Crippen LogP contribution in [0.3, 0.4) is 0 Å². The van der Waals surface area contributed by atoms with Gasteiger partial charge in [-0.1, -0.05) is 60.7 Å². The molecular weight excluding hydrogens is 448 g/mol. The SMILES string of the molecule is N#Cc1cnc2oc(-c3ccccc3)c(-c3ccccc3)c2c1N1CCN(CCn2ccnc2)CC1. The number of pyridine rings is 1. The van der Waals surface area contributed by atoms with Crippen LogP contribution in [0, 0.1) is 11.3 Å². The number of hydrogen-bond acceptors (Lipinski definition) is 6. The molecule has 2 aromatic carbocycles. The van der Waals surface area contributed by atoms with Gasteiger partial charge in [-0.3, -0.25) is 4.90 Å². The van der Waals surface area contributed by atoms with E-state index in [1.54, 1.807) is 6.20 Å². The average Bonchev–Trinajstić information content (AvgIpc) is 3.61. The number of hydrogen-bond donors (Lipinski definition) is 0. The lowest BCUT2D eigenvalue weighted by Crippen LogP contribution is -2.47. The molecule has 4 heterocycles. The minimum absolute atomic E-state index is 0.559. The maximum atomic E-state index is 10.1. The largest absolute Gasteiger partial charge is 0.437 e. The lowest BCUT2D eigenvalue weighted by atomic mass is 9.97. The first-order valence-corrected chi connectivity index (χ1v) is 12.2. The zero-order chi connectivity index (χ0) is 24.3. The van der Waals surface area contributed by atoms with Crippen LogP contribution in [0.1, 0.15) is 5.56 Å². The molecule has 7 heteroatoms. The summed E-state index contributed by atoms with van der Waals surface area (Å²) in [6.07, 6.45) is 7.32. The molecule has 0 atom stereocenters. The Bertz CT molecular complexity index is 1490. The van der Waals surface area contributed by atoms with Crippen LogP contribution >= 0.6 is 0 Å². The monoisotopic (exact) mass is 474 g/mol. The zero-order valence-corrected chi connectivity index (χ0v) is 19.9. The minimum Gasteiger partial charge on any atom is -0.437 e. The zero-order valence-electron chi connectivity index (χ0n) is 19.9. The number of anilines is 1. The van der Waals surface area contributed by atoms with Crippen LogP contribution in [0.4, 0.5) is 5.69 Å². The Labute approximate surface area is 209 Å². The van der Waals surface area contributed by atoms with Crippen molar-refractivity contribution >= 4 is 16.8 Å². The summed E-state index contributed by atoms with van der Waals surface area (Å²) in [6, 6.07) is 22.8. The first-order chi connectivity index (χ1) is 17.8. The Kier molecular flexibility index (Phi) is 5.94. The standard InChI is InChI=1S/C29H26N6O/c30-19-24-20-32-29-26(27(24)35-17-15-33(16-18-35)13-14-34-12-11-31-21-34)25(22-7-3-1-4-8-22)28(36-29)23-9-5-2-6-10-23/h1-12,20-21H,13-18H2. The lowest BCUT2D eigenvalue weighted by Gasteiger charge is -2.36. The molecule has 0 bridgehead atoms. The third-order valence-corrected chi connectivity index (χ3v) is 6.83. The molecule has 0 unspecified atom stereocenters. The van der Waals surface area contributed by atoms with Gasteiger partial charge in [-0.25, -0.2) is 9.97 Å². The molecule has 3 aromatic heterocycles. The highest BCUT2D eigenvalue weighted by atomic mass is 16.3. The fraction of sp³-hybridized carbons (Fsp3) is 0.207. The lowest BCUT2D eigenvalue weighted by molar-refractivity contribution is 0.248. The molecule has 36 heavy (non-hydrogen) atoms. The number of piperazine rings is 1. The van der Waals surface area contributed by atoms with E-state index in [9.17, 15) is 5.26 Å². The Balaban J connectivity index is 1.41. The van der Waals surface area contributed by atoms with Crippen molar-refractivity contribution in [2.24, 2.45) is 0 Å². The highest BCUT2D eigenvalue weighted by molar-refractivity contribution is 6.08. The Morgan fingerprint density at radius 2 is 1.61 bits per heavy atom. The van der Waals surface area contributed by atoms with Crippen LogP contribution in [0.2, 0.25) is 0 Å². The number of fused-ring (bicyclic) bond motifs is 1. The smallest absolute Gasteiger partial charge is 0.229 e. The summed E-state index contributed by atoms with van der Waals surface area (Å²) in [5.74, 6) is 0.777. The molecule has 0 spiro atoms. The van der Waals surface area contributed by atoms with Crippen molar-refractivity contribution in [3.63, 3.8) is 0 Å². The van der Waals surface area contributed by atoms with E-state index in [1.165, 1.54) is 0 Å². The van der Waals surface area contributed by atoms with E-state index in [1.807, 2.05) is 67.3 Å². The Morgan fingerprint density at radius 1 is 0.889 bits per heavy atom. The van der Waals surface area contributed by atoms with Gasteiger partial charge in [0, 0.05) is 62.8 Å². The van der Waals surface area contributed by atoms with Crippen LogP contribution in [-0.4, -0.2) is 52.2 Å². The van der Waals surface area contributed by atoms with Gasteiger partial charge in [0.05, 0.1) is 29.2 Å². The normalized spacial score (nSPS) is 14.2. The first-order valence-electron chi connectivity index (χ1n) is 12.2. The summed E-state index contributed by atoms with van der Waals surface area (Å²) >= 11 is 0. The van der Waals surface area contributed by atoms with Crippen molar-refractivity contribution in [3.8, 4) is 28.5 Å². The van der Waals surface area contributed by atoms with Crippen molar-refractivity contribution in [2.45, 2.75) is 6.54 Å². The van der Waals surface area contributed by atoms with Crippen molar-refractivity contribution < 1.29 is 4.42 Å². The number of rotatable bonds is 6. The number of furan rings is 1. The van der Waals surface area contributed by atoms with Gasteiger partial charge in [0.15, 0.2) is 0 Å². The second-order valence-electron chi connectivity index (χ2n) is 8.98. The second kappa shape index (κ2) is 9.68. The van der Waals surface area contributed by atoms with Gasteiger partial charge >= 0.3 is 0 Å². The summed E-state index contributed by atoms with van der Waals surface area (Å²) < 4.78 is 8.51. The van der Waals surface area contributed by atoms with E-state index >= 15 is 0 Å². The maximum absolute atomic E-state index is 10.1. The van der Waals surface area contributed by atoms with Gasteiger partial charge in [0.2, 0.25) is 5.71 Å². The molecule has 1 fully saturated rings. The molecule has 1 aliphatic heterocycles. The fourth-order valence-electron chi connectivity index (χ4n) is 5.00. The van der Waals surface area contributed by atoms with Gasteiger partial charge in [0.25, 0.3) is 0 Å². The third kappa shape index (κ3) is 4.12. The van der Waals surface area contributed by atoms with Crippen molar-refractivity contribution in [2.75, 3.05) is 37.6 Å². The van der Waals surface area contributed by atoms with E-state index < -0.39 is 0 Å². The van der Waals surface area contributed by atoms with Gasteiger partial charge in [0.1, 0.15) is 11.8 Å².